The summed E-state index contributed by atoms with van der Waals surface area (Å²) >= 11 is 0. The Bertz CT molecular complexity index is 1190. The van der Waals surface area contributed by atoms with Crippen molar-refractivity contribution in [3.8, 4) is 11.1 Å². The summed E-state index contributed by atoms with van der Waals surface area (Å²) in [5, 5.41) is 8.80. The van der Waals surface area contributed by atoms with Crippen LogP contribution in [0.1, 0.15) is 27.4 Å². The minimum absolute atomic E-state index is 0.364. The van der Waals surface area contributed by atoms with Crippen molar-refractivity contribution in [2.24, 2.45) is 0 Å². The highest BCUT2D eigenvalue weighted by Gasteiger charge is 2.16. The first-order valence-electron chi connectivity index (χ1n) is 9.65. The number of benzene rings is 1. The van der Waals surface area contributed by atoms with Gasteiger partial charge in [-0.2, -0.15) is 0 Å². The highest BCUT2D eigenvalue weighted by molar-refractivity contribution is 5.93. The summed E-state index contributed by atoms with van der Waals surface area (Å²) in [4.78, 5) is 26.7. The molecule has 31 heavy (non-hydrogen) atoms. The lowest BCUT2D eigenvalue weighted by atomic mass is 10.1. The Kier molecular flexibility index (Phi) is 5.72. The van der Waals surface area contributed by atoms with Crippen LogP contribution in [0.25, 0.3) is 11.1 Å². The molecule has 4 aromatic rings. The Morgan fingerprint density at radius 2 is 1.81 bits per heavy atom. The van der Waals surface area contributed by atoms with Crippen LogP contribution < -0.4 is 10.4 Å². The molecular formula is C23H21N5O3. The molecule has 156 valence electrons. The summed E-state index contributed by atoms with van der Waals surface area (Å²) < 4.78 is 5.68. The van der Waals surface area contributed by atoms with Crippen LogP contribution in [0.3, 0.4) is 0 Å². The van der Waals surface area contributed by atoms with Gasteiger partial charge in [-0.1, -0.05) is 12.1 Å². The first-order chi connectivity index (χ1) is 15.0. The zero-order valence-corrected chi connectivity index (χ0v) is 17.1. The lowest BCUT2D eigenvalue weighted by Crippen LogP contribution is -2.20. The van der Waals surface area contributed by atoms with Crippen LogP contribution in [0.4, 0.5) is 11.6 Å². The standard InChI is InChI=1S/C23H21N5O3/c1-15-11-20(16(2)31-15)19-7-8-25-21(12-19)28(22-13-24-9-10-26-22)14-17-3-5-18(6-4-17)23(29)27-30/h3-13,30H,14H2,1-2H3,(H,27,29). The molecule has 1 aromatic carbocycles. The fourth-order valence-electron chi connectivity index (χ4n) is 3.37. The molecule has 0 saturated carbocycles. The van der Waals surface area contributed by atoms with Crippen molar-refractivity contribution < 1.29 is 14.4 Å². The predicted molar refractivity (Wildman–Crippen MR) is 115 cm³/mol. The number of hydroxylamine groups is 1. The van der Waals surface area contributed by atoms with Gasteiger partial charge in [-0.15, -0.1) is 0 Å². The summed E-state index contributed by atoms with van der Waals surface area (Å²) in [7, 11) is 0. The van der Waals surface area contributed by atoms with Gasteiger partial charge in [0.05, 0.1) is 12.7 Å². The molecule has 0 unspecified atom stereocenters. The number of anilines is 2. The van der Waals surface area contributed by atoms with Crippen LogP contribution in [-0.2, 0) is 6.54 Å². The van der Waals surface area contributed by atoms with Gasteiger partial charge in [0.2, 0.25) is 0 Å². The molecule has 1 amide bonds. The summed E-state index contributed by atoms with van der Waals surface area (Å²) in [6, 6.07) is 12.9. The number of pyridine rings is 1. The van der Waals surface area contributed by atoms with Crippen LogP contribution in [0, 0.1) is 13.8 Å². The molecule has 0 bridgehead atoms. The number of aryl methyl sites for hydroxylation is 2. The minimum atomic E-state index is -0.558. The van der Waals surface area contributed by atoms with E-state index in [1.165, 1.54) is 0 Å². The minimum Gasteiger partial charge on any atom is -0.466 e. The number of carbonyl (C=O) groups excluding carboxylic acids is 1. The molecule has 0 spiro atoms. The quantitative estimate of drug-likeness (QED) is 0.359. The van der Waals surface area contributed by atoms with Crippen LogP contribution in [-0.4, -0.2) is 26.1 Å². The summed E-state index contributed by atoms with van der Waals surface area (Å²) in [5.41, 5.74) is 4.94. The molecule has 0 atom stereocenters. The maximum Gasteiger partial charge on any atom is 0.274 e. The van der Waals surface area contributed by atoms with Crippen molar-refractivity contribution in [1.29, 1.82) is 0 Å². The monoisotopic (exact) mass is 415 g/mol. The topological polar surface area (TPSA) is 104 Å². The van der Waals surface area contributed by atoms with E-state index >= 15 is 0 Å². The fraction of sp³-hybridized carbons (Fsp3) is 0.130. The van der Waals surface area contributed by atoms with Gasteiger partial charge in [-0.3, -0.25) is 15.0 Å². The third-order valence-electron chi connectivity index (χ3n) is 4.86. The second-order valence-corrected chi connectivity index (χ2v) is 7.02. The number of furan rings is 1. The van der Waals surface area contributed by atoms with Gasteiger partial charge < -0.3 is 9.32 Å². The van der Waals surface area contributed by atoms with E-state index in [2.05, 4.69) is 15.0 Å². The number of amides is 1. The van der Waals surface area contributed by atoms with E-state index in [0.29, 0.717) is 23.7 Å². The molecule has 4 rings (SSSR count). The third kappa shape index (κ3) is 4.44. The number of hydrogen-bond acceptors (Lipinski definition) is 7. The van der Waals surface area contributed by atoms with E-state index in [0.717, 1.165) is 28.2 Å². The summed E-state index contributed by atoms with van der Waals surface area (Å²) in [6.45, 7) is 4.32. The smallest absolute Gasteiger partial charge is 0.274 e. The van der Waals surface area contributed by atoms with Gasteiger partial charge in [0, 0.05) is 29.7 Å². The van der Waals surface area contributed by atoms with E-state index in [1.807, 2.05) is 49.1 Å². The van der Waals surface area contributed by atoms with E-state index in [1.54, 1.807) is 42.4 Å². The lowest BCUT2D eigenvalue weighted by molar-refractivity contribution is 0.0706. The van der Waals surface area contributed by atoms with Crippen molar-refractivity contribution in [2.45, 2.75) is 20.4 Å². The molecule has 3 heterocycles. The van der Waals surface area contributed by atoms with E-state index in [4.69, 9.17) is 9.62 Å². The average molecular weight is 415 g/mol. The van der Waals surface area contributed by atoms with Crippen LogP contribution in [0.15, 0.2) is 71.7 Å². The lowest BCUT2D eigenvalue weighted by Gasteiger charge is -2.23. The Morgan fingerprint density at radius 1 is 1.03 bits per heavy atom. The Balaban J connectivity index is 1.70. The zero-order chi connectivity index (χ0) is 21.8. The summed E-state index contributed by atoms with van der Waals surface area (Å²) in [6.07, 6.45) is 6.68. The predicted octanol–water partition coefficient (Wildman–Crippen LogP) is 4.21. The fourth-order valence-corrected chi connectivity index (χ4v) is 3.37. The van der Waals surface area contributed by atoms with E-state index in [9.17, 15) is 4.79 Å². The van der Waals surface area contributed by atoms with Gasteiger partial charge in [0.25, 0.3) is 5.91 Å². The third-order valence-corrected chi connectivity index (χ3v) is 4.86. The van der Waals surface area contributed by atoms with Crippen LogP contribution in [0.5, 0.6) is 0 Å². The van der Waals surface area contributed by atoms with Crippen molar-refractivity contribution in [3.63, 3.8) is 0 Å². The highest BCUT2D eigenvalue weighted by Crippen LogP contribution is 2.31. The molecule has 2 N–H and O–H groups in total. The second-order valence-electron chi connectivity index (χ2n) is 7.02. The number of aromatic nitrogens is 3. The SMILES string of the molecule is Cc1cc(-c2ccnc(N(Cc3ccc(C(=O)NO)cc3)c3cnccn3)c2)c(C)o1. The molecule has 0 fully saturated rings. The molecule has 0 aliphatic heterocycles. The van der Waals surface area contributed by atoms with Crippen molar-refractivity contribution >= 4 is 17.5 Å². The normalized spacial score (nSPS) is 10.7. The highest BCUT2D eigenvalue weighted by atomic mass is 16.5. The average Bonchev–Trinajstić information content (AvgIpc) is 3.16. The van der Waals surface area contributed by atoms with Crippen molar-refractivity contribution in [3.05, 3.63) is 89.9 Å². The molecule has 3 aromatic heterocycles. The number of carbonyl (C=O) groups is 1. The van der Waals surface area contributed by atoms with E-state index in [-0.39, 0.29) is 0 Å². The van der Waals surface area contributed by atoms with E-state index < -0.39 is 5.91 Å². The molecule has 0 radical (unpaired) electrons. The van der Waals surface area contributed by atoms with Gasteiger partial charge in [0.15, 0.2) is 5.82 Å². The summed E-state index contributed by atoms with van der Waals surface area (Å²) in [5.74, 6) is 2.48. The Hall–Kier alpha value is -4.04. The zero-order valence-electron chi connectivity index (χ0n) is 17.1. The first-order valence-corrected chi connectivity index (χ1v) is 9.65. The molecule has 8 nitrogen and oxygen atoms in total. The van der Waals surface area contributed by atoms with Crippen LogP contribution in [0.2, 0.25) is 0 Å². The largest absolute Gasteiger partial charge is 0.466 e. The maximum atomic E-state index is 11.6. The molecule has 8 heteroatoms. The second kappa shape index (κ2) is 8.76. The Labute approximate surface area is 179 Å². The first kappa shape index (κ1) is 20.2. The molecule has 0 aliphatic rings. The van der Waals surface area contributed by atoms with Gasteiger partial charge in [-0.05, 0) is 55.3 Å². The molecule has 0 aliphatic carbocycles. The van der Waals surface area contributed by atoms with Crippen molar-refractivity contribution in [2.75, 3.05) is 4.90 Å². The van der Waals surface area contributed by atoms with Gasteiger partial charge in [0.1, 0.15) is 17.3 Å². The maximum absolute atomic E-state index is 11.6. The number of hydrogen-bond donors (Lipinski definition) is 2. The number of nitrogens with zero attached hydrogens (tertiary/aromatic N) is 4. The van der Waals surface area contributed by atoms with Crippen LogP contribution >= 0.6 is 0 Å². The number of nitrogens with one attached hydrogen (secondary N) is 1. The van der Waals surface area contributed by atoms with Gasteiger partial charge >= 0.3 is 0 Å². The van der Waals surface area contributed by atoms with Gasteiger partial charge in [-0.25, -0.2) is 15.4 Å². The van der Waals surface area contributed by atoms with Crippen molar-refractivity contribution in [1.82, 2.24) is 20.4 Å². The molecular weight excluding hydrogens is 394 g/mol. The Morgan fingerprint density at radius 3 is 2.45 bits per heavy atom. The number of rotatable bonds is 6. The molecule has 0 saturated heterocycles.